The third kappa shape index (κ3) is 4.04. The quantitative estimate of drug-likeness (QED) is 0.757. The van der Waals surface area contributed by atoms with E-state index in [9.17, 15) is 14.0 Å². The van der Waals surface area contributed by atoms with Gasteiger partial charge in [-0.1, -0.05) is 26.0 Å². The highest BCUT2D eigenvalue weighted by atomic mass is 19.1. The van der Waals surface area contributed by atoms with Crippen molar-refractivity contribution in [2.75, 3.05) is 45.9 Å². The zero-order valence-electron chi connectivity index (χ0n) is 15.8. The normalized spacial score (nSPS) is 19.0. The van der Waals surface area contributed by atoms with Crippen molar-refractivity contribution in [3.8, 4) is 0 Å². The van der Waals surface area contributed by atoms with Crippen molar-refractivity contribution in [1.29, 1.82) is 0 Å². The summed E-state index contributed by atoms with van der Waals surface area (Å²) in [6.45, 7) is 7.62. The summed E-state index contributed by atoms with van der Waals surface area (Å²) in [4.78, 5) is 31.5. The average Bonchev–Trinajstić information content (AvgIpc) is 2.88. The third-order valence-corrected chi connectivity index (χ3v) is 4.93. The summed E-state index contributed by atoms with van der Waals surface area (Å²) in [7, 11) is 0. The molecule has 2 amide bonds. The standard InChI is InChI=1S/C20H26FN3O3/c1-14(2)13-24-19(26)17(15-3-5-16(21)6-4-15)18(20(24)27)23-9-7-22(8-10-23)11-12-25/h3-6,14,25H,7-13H2,1-2H3. The van der Waals surface area contributed by atoms with Gasteiger partial charge in [0.05, 0.1) is 12.2 Å². The fraction of sp³-hybridized carbons (Fsp3) is 0.500. The number of hydrogen-bond acceptors (Lipinski definition) is 5. The Morgan fingerprint density at radius 2 is 1.67 bits per heavy atom. The van der Waals surface area contributed by atoms with E-state index in [1.165, 1.54) is 17.0 Å². The van der Waals surface area contributed by atoms with E-state index < -0.39 is 0 Å². The van der Waals surface area contributed by atoms with Gasteiger partial charge in [-0.15, -0.1) is 0 Å². The second-order valence-electron chi connectivity index (χ2n) is 7.40. The molecule has 6 nitrogen and oxygen atoms in total. The number of carbonyl (C=O) groups excluding carboxylic acids is 2. The molecule has 2 aliphatic rings. The van der Waals surface area contributed by atoms with Crippen molar-refractivity contribution in [1.82, 2.24) is 14.7 Å². The number of hydrogen-bond donors (Lipinski definition) is 1. The molecule has 0 spiro atoms. The number of imide groups is 1. The first-order valence-electron chi connectivity index (χ1n) is 9.37. The number of benzene rings is 1. The van der Waals surface area contributed by atoms with E-state index in [-0.39, 0.29) is 30.2 Å². The van der Waals surface area contributed by atoms with Gasteiger partial charge >= 0.3 is 0 Å². The van der Waals surface area contributed by atoms with Crippen LogP contribution in [0.1, 0.15) is 19.4 Å². The minimum atomic E-state index is -0.380. The van der Waals surface area contributed by atoms with Crippen molar-refractivity contribution in [3.05, 3.63) is 41.3 Å². The molecule has 0 saturated carbocycles. The maximum absolute atomic E-state index is 13.3. The van der Waals surface area contributed by atoms with Gasteiger partial charge in [-0.3, -0.25) is 19.4 Å². The molecule has 1 aromatic rings. The van der Waals surface area contributed by atoms with Gasteiger partial charge in [-0.2, -0.15) is 0 Å². The van der Waals surface area contributed by atoms with Gasteiger partial charge in [0.15, 0.2) is 0 Å². The first-order valence-corrected chi connectivity index (χ1v) is 9.37. The Balaban J connectivity index is 1.94. The molecule has 0 atom stereocenters. The Labute approximate surface area is 158 Å². The molecular weight excluding hydrogens is 349 g/mol. The van der Waals surface area contributed by atoms with E-state index >= 15 is 0 Å². The number of aliphatic hydroxyl groups is 1. The fourth-order valence-electron chi connectivity index (χ4n) is 3.60. The van der Waals surface area contributed by atoms with E-state index in [2.05, 4.69) is 4.90 Å². The van der Waals surface area contributed by atoms with Crippen LogP contribution >= 0.6 is 0 Å². The van der Waals surface area contributed by atoms with Crippen molar-refractivity contribution in [2.24, 2.45) is 5.92 Å². The van der Waals surface area contributed by atoms with Crippen LogP contribution < -0.4 is 0 Å². The summed E-state index contributed by atoms with van der Waals surface area (Å²) in [5.41, 5.74) is 1.33. The summed E-state index contributed by atoms with van der Waals surface area (Å²) < 4.78 is 13.3. The van der Waals surface area contributed by atoms with E-state index in [0.29, 0.717) is 56.1 Å². The predicted molar refractivity (Wildman–Crippen MR) is 100.0 cm³/mol. The number of amides is 2. The molecule has 1 fully saturated rings. The minimum Gasteiger partial charge on any atom is -0.395 e. The van der Waals surface area contributed by atoms with Gasteiger partial charge in [-0.25, -0.2) is 4.39 Å². The summed E-state index contributed by atoms with van der Waals surface area (Å²) >= 11 is 0. The Bertz CT molecular complexity index is 737. The highest BCUT2D eigenvalue weighted by Crippen LogP contribution is 2.32. The van der Waals surface area contributed by atoms with Crippen LogP contribution in [-0.4, -0.2) is 77.5 Å². The van der Waals surface area contributed by atoms with Gasteiger partial charge in [-0.05, 0) is 23.6 Å². The molecule has 1 N–H and O–H groups in total. The lowest BCUT2D eigenvalue weighted by Crippen LogP contribution is -2.48. The van der Waals surface area contributed by atoms with Gasteiger partial charge < -0.3 is 10.0 Å². The molecule has 146 valence electrons. The molecule has 2 heterocycles. The van der Waals surface area contributed by atoms with Crippen LogP contribution in [0.3, 0.4) is 0 Å². The van der Waals surface area contributed by atoms with Crippen LogP contribution in [0.4, 0.5) is 4.39 Å². The number of carbonyl (C=O) groups is 2. The highest BCUT2D eigenvalue weighted by Gasteiger charge is 2.42. The Kier molecular flexibility index (Phi) is 5.92. The van der Waals surface area contributed by atoms with Gasteiger partial charge in [0.25, 0.3) is 11.8 Å². The molecule has 7 heteroatoms. The van der Waals surface area contributed by atoms with Crippen LogP contribution in [0, 0.1) is 11.7 Å². The molecule has 3 rings (SSSR count). The summed E-state index contributed by atoms with van der Waals surface area (Å²) in [6, 6.07) is 5.72. The van der Waals surface area contributed by atoms with Gasteiger partial charge in [0.2, 0.25) is 0 Å². The zero-order valence-corrected chi connectivity index (χ0v) is 15.8. The number of aliphatic hydroxyl groups excluding tert-OH is 1. The van der Waals surface area contributed by atoms with E-state index in [4.69, 9.17) is 5.11 Å². The Morgan fingerprint density at radius 3 is 2.22 bits per heavy atom. The van der Waals surface area contributed by atoms with Crippen LogP contribution in [0.15, 0.2) is 30.0 Å². The van der Waals surface area contributed by atoms with E-state index in [0.717, 1.165) is 0 Å². The maximum atomic E-state index is 13.3. The molecule has 0 aliphatic carbocycles. The molecule has 0 unspecified atom stereocenters. The summed E-state index contributed by atoms with van der Waals surface area (Å²) in [5, 5.41) is 9.10. The summed E-state index contributed by atoms with van der Waals surface area (Å²) in [5.74, 6) is -0.806. The summed E-state index contributed by atoms with van der Waals surface area (Å²) in [6.07, 6.45) is 0. The first kappa shape index (κ1) is 19.5. The van der Waals surface area contributed by atoms with E-state index in [1.54, 1.807) is 12.1 Å². The molecular formula is C20H26FN3O3. The van der Waals surface area contributed by atoms with Gasteiger partial charge in [0, 0.05) is 39.3 Å². The Hall–Kier alpha value is -2.25. The zero-order chi connectivity index (χ0) is 19.6. The van der Waals surface area contributed by atoms with Gasteiger partial charge in [0.1, 0.15) is 11.5 Å². The maximum Gasteiger partial charge on any atom is 0.277 e. The predicted octanol–water partition coefficient (Wildman–Crippen LogP) is 1.17. The van der Waals surface area contributed by atoms with Crippen LogP contribution in [0.5, 0.6) is 0 Å². The Morgan fingerprint density at radius 1 is 1.04 bits per heavy atom. The van der Waals surface area contributed by atoms with Crippen molar-refractivity contribution < 1.29 is 19.1 Å². The average molecular weight is 375 g/mol. The smallest absolute Gasteiger partial charge is 0.277 e. The van der Waals surface area contributed by atoms with Crippen molar-refractivity contribution in [2.45, 2.75) is 13.8 Å². The number of halogens is 1. The first-order chi connectivity index (χ1) is 12.9. The molecule has 0 aromatic heterocycles. The SMILES string of the molecule is CC(C)CN1C(=O)C(c2ccc(F)cc2)=C(N2CCN(CCO)CC2)C1=O. The molecule has 0 bridgehead atoms. The minimum absolute atomic E-state index is 0.100. The topological polar surface area (TPSA) is 64.1 Å². The largest absolute Gasteiger partial charge is 0.395 e. The fourth-order valence-corrected chi connectivity index (χ4v) is 3.60. The lowest BCUT2D eigenvalue weighted by atomic mass is 10.0. The molecule has 27 heavy (non-hydrogen) atoms. The van der Waals surface area contributed by atoms with Crippen molar-refractivity contribution >= 4 is 17.4 Å². The number of nitrogens with zero attached hydrogens (tertiary/aromatic N) is 3. The molecule has 2 aliphatic heterocycles. The number of piperazine rings is 1. The van der Waals surface area contributed by atoms with E-state index in [1.807, 2.05) is 18.7 Å². The number of rotatable bonds is 6. The van der Waals surface area contributed by atoms with Crippen LogP contribution in [-0.2, 0) is 9.59 Å². The third-order valence-electron chi connectivity index (χ3n) is 4.93. The lowest BCUT2D eigenvalue weighted by molar-refractivity contribution is -0.138. The highest BCUT2D eigenvalue weighted by molar-refractivity contribution is 6.35. The van der Waals surface area contributed by atoms with Crippen molar-refractivity contribution in [3.63, 3.8) is 0 Å². The molecule has 0 radical (unpaired) electrons. The monoisotopic (exact) mass is 375 g/mol. The lowest BCUT2D eigenvalue weighted by Gasteiger charge is -2.36. The van der Waals surface area contributed by atoms with Crippen LogP contribution in [0.2, 0.25) is 0 Å². The number of β-amino-alcohol motifs (C(OH)–C–C–N with tert-alkyl or cyclic N) is 1. The second kappa shape index (κ2) is 8.19. The van der Waals surface area contributed by atoms with Crippen LogP contribution in [0.25, 0.3) is 5.57 Å². The molecule has 1 saturated heterocycles. The molecule has 1 aromatic carbocycles. The second-order valence-corrected chi connectivity index (χ2v) is 7.40.